The summed E-state index contributed by atoms with van der Waals surface area (Å²) in [6, 6.07) is 9.77. The third kappa shape index (κ3) is 5.24. The fourth-order valence-corrected chi connectivity index (χ4v) is 4.19. The van der Waals surface area contributed by atoms with Crippen LogP contribution in [-0.4, -0.2) is 30.2 Å². The molecule has 6 N–H and O–H groups in total. The van der Waals surface area contributed by atoms with Gasteiger partial charge in [0.15, 0.2) is 5.79 Å². The molecule has 0 aliphatic heterocycles. The summed E-state index contributed by atoms with van der Waals surface area (Å²) >= 11 is 0.139. The topological polar surface area (TPSA) is 138 Å². The van der Waals surface area contributed by atoms with E-state index in [1.807, 2.05) is 0 Å². The molecule has 0 aliphatic carbocycles. The van der Waals surface area contributed by atoms with E-state index in [0.717, 1.165) is 6.07 Å². The molecule has 24 heavy (non-hydrogen) atoms. The van der Waals surface area contributed by atoms with Crippen LogP contribution >= 0.6 is 18.2 Å². The average Bonchev–Trinajstić information content (AvgIpc) is 2.43. The van der Waals surface area contributed by atoms with Crippen molar-refractivity contribution < 1.29 is 34.8 Å². The minimum absolute atomic E-state index is 0.0522. The van der Waals surface area contributed by atoms with Gasteiger partial charge in [0.2, 0.25) is 0 Å². The minimum atomic E-state index is -4.54. The molecule has 0 unspecified atom stereocenters. The second-order valence-corrected chi connectivity index (χ2v) is 8.83. The first-order valence-electron chi connectivity index (χ1n) is 6.88. The van der Waals surface area contributed by atoms with Crippen molar-refractivity contribution in [2.24, 2.45) is 0 Å². The summed E-state index contributed by atoms with van der Waals surface area (Å²) in [6.45, 7) is -4.54. The van der Waals surface area contributed by atoms with Crippen molar-refractivity contribution in [2.45, 2.75) is 23.5 Å². The zero-order valence-corrected chi connectivity index (χ0v) is 14.1. The lowest BCUT2D eigenvalue weighted by Gasteiger charge is -2.25. The first kappa shape index (κ1) is 18.8. The number of hydrogen-bond acceptors (Lipinski definition) is 6. The summed E-state index contributed by atoms with van der Waals surface area (Å²) in [5, 5.41) is 39.6. The highest BCUT2D eigenvalue weighted by atomic mass is 32.7. The van der Waals surface area contributed by atoms with Crippen LogP contribution in [0.1, 0.15) is 17.5 Å². The van der Waals surface area contributed by atoms with E-state index in [1.165, 1.54) is 24.3 Å². The van der Waals surface area contributed by atoms with Gasteiger partial charge in [0.25, 0.3) is 0 Å². The number of phenolic OH excluding ortho intramolecular Hbond substituents is 2. The quantitative estimate of drug-likeness (QED) is 0.335. The van der Waals surface area contributed by atoms with Gasteiger partial charge in [-0.2, -0.15) is 0 Å². The van der Waals surface area contributed by atoms with Crippen molar-refractivity contribution in [3.05, 3.63) is 53.6 Å². The number of rotatable bonds is 6. The highest BCUT2D eigenvalue weighted by molar-refractivity contribution is 8.54. The normalized spacial score (nSPS) is 12.3. The summed E-state index contributed by atoms with van der Waals surface area (Å²) in [7, 11) is 0. The van der Waals surface area contributed by atoms with Crippen LogP contribution in [0.15, 0.2) is 47.4 Å². The van der Waals surface area contributed by atoms with Gasteiger partial charge >= 0.3 is 6.80 Å². The summed E-state index contributed by atoms with van der Waals surface area (Å²) in [5.41, 5.74) is 0.555. The van der Waals surface area contributed by atoms with Crippen LogP contribution in [0.5, 0.6) is 11.5 Å². The number of hydrogen-bond donors (Lipinski definition) is 6. The zero-order valence-electron chi connectivity index (χ0n) is 12.4. The third-order valence-corrected chi connectivity index (χ3v) is 5.36. The molecule has 0 heterocycles. The molecule has 9 heteroatoms. The Morgan fingerprint density at radius 1 is 1.00 bits per heavy atom. The zero-order chi connectivity index (χ0) is 18.0. The molecule has 0 aromatic heterocycles. The molecule has 0 saturated carbocycles. The highest BCUT2D eigenvalue weighted by Crippen LogP contribution is 2.56. The molecule has 2 aromatic carbocycles. The average molecular weight is 372 g/mol. The lowest BCUT2D eigenvalue weighted by Crippen LogP contribution is -2.26. The Morgan fingerprint density at radius 2 is 1.67 bits per heavy atom. The minimum Gasteiger partial charge on any atom is -0.508 e. The van der Waals surface area contributed by atoms with E-state index in [1.54, 1.807) is 12.1 Å². The van der Waals surface area contributed by atoms with Crippen LogP contribution in [0.4, 0.5) is 0 Å². The molecule has 7 nitrogen and oxygen atoms in total. The van der Waals surface area contributed by atoms with Crippen molar-refractivity contribution >= 4 is 18.2 Å². The first-order chi connectivity index (χ1) is 11.1. The Bertz CT molecular complexity index is 772. The van der Waals surface area contributed by atoms with Crippen LogP contribution in [0.25, 0.3) is 0 Å². The summed E-state index contributed by atoms with van der Waals surface area (Å²) in [6.07, 6.45) is 0.0399. The predicted molar refractivity (Wildman–Crippen MR) is 88.6 cm³/mol. The van der Waals surface area contributed by atoms with Crippen LogP contribution in [0.2, 0.25) is 0 Å². The number of aromatic hydroxyl groups is 2. The van der Waals surface area contributed by atoms with Crippen molar-refractivity contribution in [2.75, 3.05) is 0 Å². The molecule has 0 fully saturated rings. The molecule has 0 spiro atoms. The number of phenols is 2. The molecular weight excluding hydrogens is 355 g/mol. The Kier molecular flexibility index (Phi) is 5.59. The molecule has 0 bridgehead atoms. The molecular formula is C15H17O7PS. The number of aliphatic hydroxyl groups is 2. The van der Waals surface area contributed by atoms with E-state index in [4.69, 9.17) is 9.79 Å². The maximum atomic E-state index is 11.2. The van der Waals surface area contributed by atoms with Crippen molar-refractivity contribution in [3.8, 4) is 11.5 Å². The first-order valence-corrected chi connectivity index (χ1v) is 9.91. The second kappa shape index (κ2) is 7.14. The van der Waals surface area contributed by atoms with Gasteiger partial charge < -0.3 is 30.2 Å². The third-order valence-electron chi connectivity index (χ3n) is 3.29. The summed E-state index contributed by atoms with van der Waals surface area (Å²) < 4.78 is 11.2. The lowest BCUT2D eigenvalue weighted by atomic mass is 9.97. The molecule has 0 atom stereocenters. The maximum Gasteiger partial charge on any atom is 0.388 e. The van der Waals surface area contributed by atoms with Gasteiger partial charge in [0, 0.05) is 16.9 Å². The maximum absolute atomic E-state index is 11.2. The van der Waals surface area contributed by atoms with Gasteiger partial charge in [-0.1, -0.05) is 12.1 Å². The molecule has 0 radical (unpaired) electrons. The van der Waals surface area contributed by atoms with E-state index in [9.17, 15) is 25.0 Å². The van der Waals surface area contributed by atoms with E-state index >= 15 is 0 Å². The SMILES string of the molecule is O=P(O)(O)Sc1cc(O)ccc1C(O)(O)CCc1cccc(O)c1. The standard InChI is InChI=1S/C15H17O7PS/c16-11-3-1-2-10(8-11)6-7-15(18,19)13-5-4-12(17)9-14(13)24-23(20,21)22/h1-5,8-9,16-19H,6-7H2,(H2,20,21,22). The Labute approximate surface area is 142 Å². The molecule has 2 rings (SSSR count). The van der Waals surface area contributed by atoms with Gasteiger partial charge in [-0.25, -0.2) is 4.57 Å². The Balaban J connectivity index is 2.26. The van der Waals surface area contributed by atoms with Crippen LogP contribution < -0.4 is 0 Å². The summed E-state index contributed by atoms with van der Waals surface area (Å²) in [5.74, 6) is -2.56. The van der Waals surface area contributed by atoms with E-state index < -0.39 is 12.6 Å². The van der Waals surface area contributed by atoms with Crippen molar-refractivity contribution in [1.29, 1.82) is 0 Å². The van der Waals surface area contributed by atoms with Crippen LogP contribution in [0, 0.1) is 0 Å². The highest BCUT2D eigenvalue weighted by Gasteiger charge is 2.31. The predicted octanol–water partition coefficient (Wildman–Crippen LogP) is 2.05. The van der Waals surface area contributed by atoms with Gasteiger partial charge in [-0.15, -0.1) is 0 Å². The monoisotopic (exact) mass is 372 g/mol. The van der Waals surface area contributed by atoms with E-state index in [2.05, 4.69) is 0 Å². The number of aryl methyl sites for hydroxylation is 1. The van der Waals surface area contributed by atoms with E-state index in [-0.39, 0.29) is 46.2 Å². The lowest BCUT2D eigenvalue weighted by molar-refractivity contribution is -0.175. The van der Waals surface area contributed by atoms with Crippen LogP contribution in [-0.2, 0) is 16.8 Å². The van der Waals surface area contributed by atoms with Gasteiger partial charge in [-0.3, -0.25) is 0 Å². The summed E-state index contributed by atoms with van der Waals surface area (Å²) in [4.78, 5) is 18.1. The molecule has 0 saturated heterocycles. The van der Waals surface area contributed by atoms with Gasteiger partial charge in [0.1, 0.15) is 11.5 Å². The Hall–Kier alpha value is -1.54. The van der Waals surface area contributed by atoms with Crippen molar-refractivity contribution in [3.63, 3.8) is 0 Å². The fraction of sp³-hybridized carbons (Fsp3) is 0.200. The van der Waals surface area contributed by atoms with Crippen molar-refractivity contribution in [1.82, 2.24) is 0 Å². The largest absolute Gasteiger partial charge is 0.508 e. The van der Waals surface area contributed by atoms with Gasteiger partial charge in [0.05, 0.1) is 0 Å². The molecule has 0 amide bonds. The smallest absolute Gasteiger partial charge is 0.388 e. The number of benzene rings is 2. The Morgan fingerprint density at radius 3 is 2.29 bits per heavy atom. The fourth-order valence-electron chi connectivity index (χ4n) is 2.21. The van der Waals surface area contributed by atoms with E-state index in [0.29, 0.717) is 5.56 Å². The van der Waals surface area contributed by atoms with Gasteiger partial charge in [-0.05, 0) is 53.7 Å². The molecule has 2 aromatic rings. The second-order valence-electron chi connectivity index (χ2n) is 5.25. The molecule has 130 valence electrons. The van der Waals surface area contributed by atoms with Crippen LogP contribution in [0.3, 0.4) is 0 Å². The molecule has 0 aliphatic rings.